The van der Waals surface area contributed by atoms with E-state index >= 15 is 0 Å². The maximum absolute atomic E-state index is 5.75. The Kier molecular flexibility index (Phi) is 4.76. The molecule has 1 N–H and O–H groups in total. The van der Waals surface area contributed by atoms with Gasteiger partial charge in [0.05, 0.1) is 6.20 Å². The van der Waals surface area contributed by atoms with Crippen molar-refractivity contribution in [3.8, 4) is 11.6 Å². The Morgan fingerprint density at radius 3 is 2.91 bits per heavy atom. The van der Waals surface area contributed by atoms with Crippen LogP contribution >= 0.6 is 0 Å². The van der Waals surface area contributed by atoms with E-state index in [-0.39, 0.29) is 0 Å². The second-order valence-electron chi connectivity index (χ2n) is 6.43. The smallest absolute Gasteiger partial charge is 0.237 e. The second kappa shape index (κ2) is 6.96. The molecule has 0 amide bonds. The summed E-state index contributed by atoms with van der Waals surface area (Å²) in [5, 5.41) is 3.67. The number of ether oxygens (including phenoxy) is 1. The van der Waals surface area contributed by atoms with E-state index in [0.717, 1.165) is 24.4 Å². The number of hydrogen-bond acceptors (Lipinski definition) is 5. The molecule has 1 saturated heterocycles. The summed E-state index contributed by atoms with van der Waals surface area (Å²) in [6.07, 6.45) is 6.01. The third kappa shape index (κ3) is 3.99. The lowest BCUT2D eigenvalue weighted by atomic mass is 9.89. The predicted molar refractivity (Wildman–Crippen MR) is 91.8 cm³/mol. The highest BCUT2D eigenvalue weighted by Crippen LogP contribution is 2.27. The van der Waals surface area contributed by atoms with Crippen molar-refractivity contribution in [3.63, 3.8) is 0 Å². The third-order valence-corrected chi connectivity index (χ3v) is 4.56. The van der Waals surface area contributed by atoms with Gasteiger partial charge in [0, 0.05) is 42.8 Å². The van der Waals surface area contributed by atoms with Gasteiger partial charge in [0.15, 0.2) is 0 Å². The molecule has 1 aliphatic heterocycles. The van der Waals surface area contributed by atoms with Crippen LogP contribution in [0.4, 0.5) is 5.69 Å². The Hall–Kier alpha value is -2.14. The molecule has 0 unspecified atom stereocenters. The Morgan fingerprint density at radius 2 is 2.13 bits per heavy atom. The first-order valence-electron chi connectivity index (χ1n) is 8.12. The van der Waals surface area contributed by atoms with Crippen LogP contribution in [0, 0.1) is 5.92 Å². The van der Waals surface area contributed by atoms with Gasteiger partial charge in [0.2, 0.25) is 5.88 Å². The minimum Gasteiger partial charge on any atom is -0.437 e. The summed E-state index contributed by atoms with van der Waals surface area (Å²) >= 11 is 0. The zero-order valence-electron chi connectivity index (χ0n) is 13.9. The molecule has 122 valence electrons. The molecule has 0 saturated carbocycles. The number of nitrogens with zero attached hydrogens (tertiary/aromatic N) is 3. The number of aromatic nitrogens is 2. The fraction of sp³-hybridized carbons (Fsp3) is 0.444. The summed E-state index contributed by atoms with van der Waals surface area (Å²) in [6, 6.07) is 9.11. The van der Waals surface area contributed by atoms with E-state index in [1.807, 2.05) is 18.2 Å². The molecule has 2 heterocycles. The highest BCUT2D eigenvalue weighted by Gasteiger charge is 2.28. The number of likely N-dealkylation sites (tertiary alicyclic amines) is 1. The minimum atomic E-state index is 0.480. The average molecular weight is 312 g/mol. The minimum absolute atomic E-state index is 0.480. The predicted octanol–water partition coefficient (Wildman–Crippen LogP) is 3.41. The maximum Gasteiger partial charge on any atom is 0.237 e. The van der Waals surface area contributed by atoms with Crippen molar-refractivity contribution in [1.29, 1.82) is 0 Å². The molecule has 5 nitrogen and oxygen atoms in total. The summed E-state index contributed by atoms with van der Waals surface area (Å²) < 4.78 is 5.75. The van der Waals surface area contributed by atoms with Crippen molar-refractivity contribution < 1.29 is 4.74 Å². The van der Waals surface area contributed by atoms with Gasteiger partial charge in [0.25, 0.3) is 0 Å². The number of rotatable bonds is 4. The average Bonchev–Trinajstić information content (AvgIpc) is 2.54. The molecule has 3 atom stereocenters. The lowest BCUT2D eigenvalue weighted by molar-refractivity contribution is 0.145. The fourth-order valence-electron chi connectivity index (χ4n) is 3.06. The van der Waals surface area contributed by atoms with Gasteiger partial charge in [-0.3, -0.25) is 4.98 Å². The molecule has 0 bridgehead atoms. The molecular formula is C18H24N4O. The first kappa shape index (κ1) is 15.7. The van der Waals surface area contributed by atoms with E-state index in [1.165, 1.54) is 0 Å². The van der Waals surface area contributed by atoms with Crippen molar-refractivity contribution in [2.45, 2.75) is 32.4 Å². The van der Waals surface area contributed by atoms with Crippen molar-refractivity contribution in [1.82, 2.24) is 14.9 Å². The maximum atomic E-state index is 5.75. The van der Waals surface area contributed by atoms with E-state index in [4.69, 9.17) is 4.74 Å². The molecule has 23 heavy (non-hydrogen) atoms. The van der Waals surface area contributed by atoms with E-state index in [9.17, 15) is 0 Å². The van der Waals surface area contributed by atoms with Crippen LogP contribution in [0.2, 0.25) is 0 Å². The van der Waals surface area contributed by atoms with Gasteiger partial charge in [0.1, 0.15) is 5.75 Å². The summed E-state index contributed by atoms with van der Waals surface area (Å²) in [7, 11) is 2.20. The quantitative estimate of drug-likeness (QED) is 0.937. The summed E-state index contributed by atoms with van der Waals surface area (Å²) in [5.41, 5.74) is 1.08. The summed E-state index contributed by atoms with van der Waals surface area (Å²) in [6.45, 7) is 5.71. The number of nitrogens with one attached hydrogen (secondary N) is 1. The Labute approximate surface area is 137 Å². The molecule has 1 aromatic carbocycles. The van der Waals surface area contributed by atoms with Crippen molar-refractivity contribution in [2.24, 2.45) is 5.92 Å². The molecule has 0 radical (unpaired) electrons. The van der Waals surface area contributed by atoms with Crippen LogP contribution in [0.3, 0.4) is 0 Å². The largest absolute Gasteiger partial charge is 0.437 e. The number of benzene rings is 1. The molecular weight excluding hydrogens is 288 g/mol. The van der Waals surface area contributed by atoms with Gasteiger partial charge in [-0.25, -0.2) is 4.98 Å². The fourth-order valence-corrected chi connectivity index (χ4v) is 3.06. The van der Waals surface area contributed by atoms with Crippen LogP contribution < -0.4 is 10.1 Å². The summed E-state index contributed by atoms with van der Waals surface area (Å²) in [4.78, 5) is 10.6. The molecule has 1 aliphatic rings. The third-order valence-electron chi connectivity index (χ3n) is 4.56. The van der Waals surface area contributed by atoms with Gasteiger partial charge >= 0.3 is 0 Å². The van der Waals surface area contributed by atoms with Crippen LogP contribution in [0.1, 0.15) is 20.3 Å². The lowest BCUT2D eigenvalue weighted by Crippen LogP contribution is -2.48. The van der Waals surface area contributed by atoms with Crippen molar-refractivity contribution in [2.75, 3.05) is 18.9 Å². The topological polar surface area (TPSA) is 50.3 Å². The van der Waals surface area contributed by atoms with Crippen LogP contribution in [0.25, 0.3) is 0 Å². The van der Waals surface area contributed by atoms with Gasteiger partial charge in [-0.05, 0) is 38.4 Å². The molecule has 0 spiro atoms. The highest BCUT2D eigenvalue weighted by molar-refractivity contribution is 5.49. The molecule has 1 aromatic heterocycles. The Balaban J connectivity index is 1.68. The monoisotopic (exact) mass is 312 g/mol. The Morgan fingerprint density at radius 1 is 1.26 bits per heavy atom. The molecule has 2 aromatic rings. The SMILES string of the molecule is C[C@@H]1CN(C)[C@H](C)C[C@H]1Nc1cccc(Oc2cnccn2)c1. The number of hydrogen-bond donors (Lipinski definition) is 1. The first-order valence-corrected chi connectivity index (χ1v) is 8.12. The zero-order valence-corrected chi connectivity index (χ0v) is 13.9. The van der Waals surface area contributed by atoms with Crippen molar-refractivity contribution in [3.05, 3.63) is 42.9 Å². The second-order valence-corrected chi connectivity index (χ2v) is 6.43. The van der Waals surface area contributed by atoms with Gasteiger partial charge < -0.3 is 15.0 Å². The standard InChI is InChI=1S/C18H24N4O/c1-13-12-22(3)14(2)9-17(13)21-15-5-4-6-16(10-15)23-18-11-19-7-8-20-18/h4-8,10-11,13-14,17,21H,9,12H2,1-3H3/t13-,14-,17-/m1/s1. The molecule has 1 fully saturated rings. The summed E-state index contributed by atoms with van der Waals surface area (Å²) in [5.74, 6) is 1.89. The lowest BCUT2D eigenvalue weighted by Gasteiger charge is -2.40. The normalized spacial score (nSPS) is 25.1. The van der Waals surface area contributed by atoms with Crippen LogP contribution in [-0.4, -0.2) is 40.5 Å². The highest BCUT2D eigenvalue weighted by atomic mass is 16.5. The number of piperidine rings is 1. The van der Waals surface area contributed by atoms with Crippen molar-refractivity contribution >= 4 is 5.69 Å². The van der Waals surface area contributed by atoms with E-state index in [0.29, 0.717) is 23.9 Å². The van der Waals surface area contributed by atoms with E-state index in [1.54, 1.807) is 18.6 Å². The first-order chi connectivity index (χ1) is 11.1. The molecule has 5 heteroatoms. The van der Waals surface area contributed by atoms with Gasteiger partial charge in [-0.2, -0.15) is 0 Å². The van der Waals surface area contributed by atoms with Crippen LogP contribution in [0.5, 0.6) is 11.6 Å². The number of anilines is 1. The van der Waals surface area contributed by atoms with Gasteiger partial charge in [-0.15, -0.1) is 0 Å². The van der Waals surface area contributed by atoms with Gasteiger partial charge in [-0.1, -0.05) is 13.0 Å². The Bertz CT molecular complexity index is 634. The van der Waals surface area contributed by atoms with E-state index in [2.05, 4.69) is 47.1 Å². The zero-order chi connectivity index (χ0) is 16.2. The molecule has 3 rings (SSSR count). The van der Waals surface area contributed by atoms with E-state index < -0.39 is 0 Å². The van der Waals surface area contributed by atoms with Crippen LogP contribution in [0.15, 0.2) is 42.9 Å². The molecule has 0 aliphatic carbocycles. The van der Waals surface area contributed by atoms with Crippen LogP contribution in [-0.2, 0) is 0 Å².